The molecule has 1 aliphatic rings. The topological polar surface area (TPSA) is 54.0 Å². The Labute approximate surface area is 173 Å². The molecule has 3 rings (SSSR count). The number of carbonyl (C=O) groups is 1. The predicted octanol–water partition coefficient (Wildman–Crippen LogP) is 3.44. The molecule has 0 amide bonds. The highest BCUT2D eigenvalue weighted by Crippen LogP contribution is 2.21. The van der Waals surface area contributed by atoms with Crippen LogP contribution in [-0.2, 0) is 16.3 Å². The smallest absolute Gasteiger partial charge is 0.353 e. The second kappa shape index (κ2) is 9.39. The first-order chi connectivity index (χ1) is 13.8. The molecular formula is C23H31N3O3. The fourth-order valence-corrected chi connectivity index (χ4v) is 3.23. The molecule has 2 aromatic rings. The molecule has 2 aromatic carbocycles. The number of likely N-dealkylation sites (N-methyl/N-ethyl adjacent to an activating group) is 1. The van der Waals surface area contributed by atoms with Gasteiger partial charge in [0, 0.05) is 31.9 Å². The Kier molecular flexibility index (Phi) is 6.90. The van der Waals surface area contributed by atoms with Gasteiger partial charge < -0.3 is 9.80 Å². The van der Waals surface area contributed by atoms with Gasteiger partial charge in [-0.2, -0.15) is 4.89 Å². The summed E-state index contributed by atoms with van der Waals surface area (Å²) in [6.07, 6.45) is 0.191. The third kappa shape index (κ3) is 6.29. The Morgan fingerprint density at radius 1 is 1.07 bits per heavy atom. The number of benzene rings is 2. The van der Waals surface area contributed by atoms with Crippen molar-refractivity contribution in [3.63, 3.8) is 0 Å². The van der Waals surface area contributed by atoms with Crippen molar-refractivity contribution < 1.29 is 14.6 Å². The third-order valence-electron chi connectivity index (χ3n) is 4.77. The van der Waals surface area contributed by atoms with Gasteiger partial charge in [-0.25, -0.2) is 4.79 Å². The van der Waals surface area contributed by atoms with Crippen molar-refractivity contribution in [3.05, 3.63) is 65.7 Å². The van der Waals surface area contributed by atoms with E-state index in [-0.39, 0.29) is 6.17 Å². The van der Waals surface area contributed by atoms with Crippen molar-refractivity contribution in [3.8, 4) is 0 Å². The molecule has 1 saturated heterocycles. The lowest BCUT2D eigenvalue weighted by Gasteiger charge is -2.42. The summed E-state index contributed by atoms with van der Waals surface area (Å²) in [6, 6.07) is 17.9. The monoisotopic (exact) mass is 397 g/mol. The van der Waals surface area contributed by atoms with E-state index in [9.17, 15) is 4.79 Å². The standard InChI is InChI=1S/C23H31N3O3/c1-23(2,3)29-28-22(27)19-10-12-20(13-11-19)26-15-14-25(4)17-21(26)24-16-18-8-6-5-7-9-18/h5-13,21,24H,14-17H2,1-4H3. The van der Waals surface area contributed by atoms with Crippen molar-refractivity contribution in [2.24, 2.45) is 0 Å². The quantitative estimate of drug-likeness (QED) is 0.595. The molecule has 156 valence electrons. The normalized spacial score (nSPS) is 17.9. The van der Waals surface area contributed by atoms with Crippen LogP contribution in [0.5, 0.6) is 0 Å². The number of carbonyl (C=O) groups excluding carboxylic acids is 1. The summed E-state index contributed by atoms with van der Waals surface area (Å²) in [5, 5.41) is 3.66. The zero-order chi connectivity index (χ0) is 20.9. The second-order valence-corrected chi connectivity index (χ2v) is 8.45. The summed E-state index contributed by atoms with van der Waals surface area (Å²) in [4.78, 5) is 26.9. The van der Waals surface area contributed by atoms with E-state index in [1.54, 1.807) is 12.1 Å². The van der Waals surface area contributed by atoms with Crippen molar-refractivity contribution >= 4 is 11.7 Å². The van der Waals surface area contributed by atoms with Gasteiger partial charge in [-0.1, -0.05) is 30.3 Å². The zero-order valence-electron chi connectivity index (χ0n) is 17.7. The van der Waals surface area contributed by atoms with Crippen LogP contribution in [0.3, 0.4) is 0 Å². The van der Waals surface area contributed by atoms with Gasteiger partial charge in [-0.15, -0.1) is 0 Å². The molecule has 1 aliphatic heterocycles. The molecule has 6 nitrogen and oxygen atoms in total. The van der Waals surface area contributed by atoms with Crippen LogP contribution >= 0.6 is 0 Å². The number of anilines is 1. The maximum Gasteiger partial charge on any atom is 0.373 e. The summed E-state index contributed by atoms with van der Waals surface area (Å²) in [6.45, 7) is 9.14. The van der Waals surface area contributed by atoms with Crippen molar-refractivity contribution in [1.82, 2.24) is 10.2 Å². The van der Waals surface area contributed by atoms with E-state index in [2.05, 4.69) is 46.4 Å². The van der Waals surface area contributed by atoms with Crippen molar-refractivity contribution in [2.75, 3.05) is 31.6 Å². The van der Waals surface area contributed by atoms with E-state index in [1.165, 1.54) is 5.56 Å². The fourth-order valence-electron chi connectivity index (χ4n) is 3.23. The van der Waals surface area contributed by atoms with E-state index in [4.69, 9.17) is 9.78 Å². The van der Waals surface area contributed by atoms with E-state index in [0.29, 0.717) is 5.56 Å². The highest BCUT2D eigenvalue weighted by molar-refractivity contribution is 5.89. The van der Waals surface area contributed by atoms with Crippen LogP contribution in [0, 0.1) is 0 Å². The van der Waals surface area contributed by atoms with Crippen LogP contribution < -0.4 is 10.2 Å². The largest absolute Gasteiger partial charge is 0.373 e. The SMILES string of the molecule is CN1CCN(c2ccc(C(=O)OOC(C)(C)C)cc2)C(NCc2ccccc2)C1. The number of nitrogens with one attached hydrogen (secondary N) is 1. The molecule has 0 aromatic heterocycles. The molecule has 0 saturated carbocycles. The Bertz CT molecular complexity index is 787. The minimum absolute atomic E-state index is 0.191. The molecule has 1 N–H and O–H groups in total. The van der Waals surface area contributed by atoms with Gasteiger partial charge in [-0.05, 0) is 57.6 Å². The van der Waals surface area contributed by atoms with Gasteiger partial charge in [-0.3, -0.25) is 10.2 Å². The summed E-state index contributed by atoms with van der Waals surface area (Å²) < 4.78 is 0. The average Bonchev–Trinajstić information content (AvgIpc) is 2.71. The summed E-state index contributed by atoms with van der Waals surface area (Å²) in [7, 11) is 2.14. The molecule has 0 radical (unpaired) electrons. The molecule has 1 heterocycles. The van der Waals surface area contributed by atoms with Crippen molar-refractivity contribution in [1.29, 1.82) is 0 Å². The maximum atomic E-state index is 12.2. The van der Waals surface area contributed by atoms with Crippen LogP contribution in [0.25, 0.3) is 0 Å². The summed E-state index contributed by atoms with van der Waals surface area (Å²) in [5.74, 6) is -0.483. The fraction of sp³-hybridized carbons (Fsp3) is 0.435. The van der Waals surface area contributed by atoms with Crippen LogP contribution in [0.4, 0.5) is 5.69 Å². The molecule has 1 unspecified atom stereocenters. The van der Waals surface area contributed by atoms with Gasteiger partial charge in [0.1, 0.15) is 5.60 Å². The molecule has 0 bridgehead atoms. The van der Waals surface area contributed by atoms with Gasteiger partial charge in [0.25, 0.3) is 0 Å². The Morgan fingerprint density at radius 2 is 1.76 bits per heavy atom. The first-order valence-corrected chi connectivity index (χ1v) is 10.0. The summed E-state index contributed by atoms with van der Waals surface area (Å²) >= 11 is 0. The van der Waals surface area contributed by atoms with E-state index < -0.39 is 11.6 Å². The first kappa shape index (κ1) is 21.3. The van der Waals surface area contributed by atoms with Crippen LogP contribution in [-0.4, -0.2) is 49.3 Å². The minimum atomic E-state index is -0.535. The number of hydrogen-bond donors (Lipinski definition) is 1. The molecule has 0 spiro atoms. The number of hydrogen-bond acceptors (Lipinski definition) is 6. The highest BCUT2D eigenvalue weighted by Gasteiger charge is 2.25. The van der Waals surface area contributed by atoms with Crippen LogP contribution in [0.2, 0.25) is 0 Å². The van der Waals surface area contributed by atoms with Crippen molar-refractivity contribution in [2.45, 2.75) is 39.1 Å². The third-order valence-corrected chi connectivity index (χ3v) is 4.77. The lowest BCUT2D eigenvalue weighted by Crippen LogP contribution is -2.58. The van der Waals surface area contributed by atoms with Crippen LogP contribution in [0.15, 0.2) is 54.6 Å². The van der Waals surface area contributed by atoms with Gasteiger partial charge in [0.05, 0.1) is 11.7 Å². The zero-order valence-corrected chi connectivity index (χ0v) is 17.7. The Balaban J connectivity index is 1.65. The average molecular weight is 398 g/mol. The van der Waals surface area contributed by atoms with Gasteiger partial charge in [0.2, 0.25) is 0 Å². The molecule has 29 heavy (non-hydrogen) atoms. The molecule has 0 aliphatic carbocycles. The second-order valence-electron chi connectivity index (χ2n) is 8.45. The first-order valence-electron chi connectivity index (χ1n) is 10.0. The number of piperazine rings is 1. The molecule has 1 fully saturated rings. The van der Waals surface area contributed by atoms with E-state index >= 15 is 0 Å². The molecule has 6 heteroatoms. The number of rotatable bonds is 6. The Morgan fingerprint density at radius 3 is 2.41 bits per heavy atom. The van der Waals surface area contributed by atoms with E-state index in [1.807, 2.05) is 39.0 Å². The minimum Gasteiger partial charge on any atom is -0.353 e. The molecular weight excluding hydrogens is 366 g/mol. The lowest BCUT2D eigenvalue weighted by atomic mass is 10.1. The molecule has 1 atom stereocenters. The van der Waals surface area contributed by atoms with E-state index in [0.717, 1.165) is 31.9 Å². The lowest BCUT2D eigenvalue weighted by molar-refractivity contribution is -0.301. The predicted molar refractivity (Wildman–Crippen MR) is 115 cm³/mol. The van der Waals surface area contributed by atoms with Crippen LogP contribution in [0.1, 0.15) is 36.7 Å². The number of nitrogens with zero attached hydrogens (tertiary/aromatic N) is 2. The maximum absolute atomic E-state index is 12.2. The van der Waals surface area contributed by atoms with Gasteiger partial charge >= 0.3 is 5.97 Å². The summed E-state index contributed by atoms with van der Waals surface area (Å²) in [5.41, 5.74) is 2.28. The van der Waals surface area contributed by atoms with Gasteiger partial charge in [0.15, 0.2) is 0 Å². The highest BCUT2D eigenvalue weighted by atomic mass is 17.2. The Hall–Kier alpha value is -2.41.